The Morgan fingerprint density at radius 2 is 1.55 bits per heavy atom. The topological polar surface area (TPSA) is 29.1 Å². The second kappa shape index (κ2) is 6.39. The van der Waals surface area contributed by atoms with Crippen molar-refractivity contribution in [3.05, 3.63) is 81.8 Å². The number of fused-ring (bicyclic) bond motifs is 1. The highest BCUT2D eigenvalue weighted by atomic mass is 35.5. The van der Waals surface area contributed by atoms with Crippen molar-refractivity contribution < 1.29 is 4.79 Å². The van der Waals surface area contributed by atoms with Gasteiger partial charge in [0.25, 0.3) is 5.91 Å². The molecule has 1 N–H and O–H groups in total. The molecule has 0 aliphatic rings. The fourth-order valence-corrected chi connectivity index (χ4v) is 2.71. The zero-order valence-corrected chi connectivity index (χ0v) is 13.2. The van der Waals surface area contributed by atoms with Gasteiger partial charge in [0.1, 0.15) is 0 Å². The molecule has 0 aliphatic heterocycles. The summed E-state index contributed by atoms with van der Waals surface area (Å²) in [5.74, 6) is -0.122. The monoisotopic (exact) mass is 329 g/mol. The smallest absolute Gasteiger partial charge is 0.252 e. The Kier molecular flexibility index (Phi) is 4.32. The lowest BCUT2D eigenvalue weighted by Crippen LogP contribution is -2.22. The number of carbonyl (C=O) groups is 1. The van der Waals surface area contributed by atoms with Gasteiger partial charge in [0, 0.05) is 27.5 Å². The minimum atomic E-state index is -0.122. The fourth-order valence-electron chi connectivity index (χ4n) is 2.35. The van der Waals surface area contributed by atoms with Crippen molar-refractivity contribution in [1.29, 1.82) is 0 Å². The second-order valence-corrected chi connectivity index (χ2v) is 5.79. The van der Waals surface area contributed by atoms with Crippen LogP contribution in [0.1, 0.15) is 15.9 Å². The SMILES string of the molecule is O=C(NCc1ccc(Cl)cc1)c1cccc2c(Cl)cccc12. The number of benzene rings is 3. The molecule has 3 aromatic carbocycles. The molecule has 0 fully saturated rings. The van der Waals surface area contributed by atoms with Crippen LogP contribution in [0.3, 0.4) is 0 Å². The van der Waals surface area contributed by atoms with Gasteiger partial charge in [-0.25, -0.2) is 0 Å². The van der Waals surface area contributed by atoms with Crippen molar-refractivity contribution >= 4 is 39.9 Å². The van der Waals surface area contributed by atoms with E-state index in [0.717, 1.165) is 16.3 Å². The highest BCUT2D eigenvalue weighted by Crippen LogP contribution is 2.25. The molecule has 3 aromatic rings. The van der Waals surface area contributed by atoms with Crippen molar-refractivity contribution in [3.8, 4) is 0 Å². The van der Waals surface area contributed by atoms with E-state index in [4.69, 9.17) is 23.2 Å². The Hall–Kier alpha value is -2.03. The molecule has 0 heterocycles. The first kappa shape index (κ1) is 14.9. The van der Waals surface area contributed by atoms with E-state index in [1.165, 1.54) is 0 Å². The van der Waals surface area contributed by atoms with Crippen molar-refractivity contribution in [1.82, 2.24) is 5.32 Å². The third-order valence-corrected chi connectivity index (χ3v) is 4.06. The highest BCUT2D eigenvalue weighted by molar-refractivity contribution is 6.36. The molecule has 0 radical (unpaired) electrons. The Labute approximate surface area is 138 Å². The second-order valence-electron chi connectivity index (χ2n) is 4.95. The maximum absolute atomic E-state index is 12.4. The first-order valence-electron chi connectivity index (χ1n) is 6.85. The summed E-state index contributed by atoms with van der Waals surface area (Å²) in [4.78, 5) is 12.4. The van der Waals surface area contributed by atoms with Crippen LogP contribution < -0.4 is 5.32 Å². The molecular formula is C18H13Cl2NO. The van der Waals surface area contributed by atoms with Gasteiger partial charge in [-0.1, -0.05) is 59.6 Å². The van der Waals surface area contributed by atoms with Crippen LogP contribution in [0.5, 0.6) is 0 Å². The van der Waals surface area contributed by atoms with Gasteiger partial charge in [-0.2, -0.15) is 0 Å². The summed E-state index contributed by atoms with van der Waals surface area (Å²) >= 11 is 12.0. The highest BCUT2D eigenvalue weighted by Gasteiger charge is 2.10. The predicted molar refractivity (Wildman–Crippen MR) is 91.6 cm³/mol. The summed E-state index contributed by atoms with van der Waals surface area (Å²) in [7, 11) is 0. The molecule has 0 atom stereocenters. The fraction of sp³-hybridized carbons (Fsp3) is 0.0556. The van der Waals surface area contributed by atoms with Gasteiger partial charge in [-0.15, -0.1) is 0 Å². The van der Waals surface area contributed by atoms with Crippen LogP contribution in [0, 0.1) is 0 Å². The summed E-state index contributed by atoms with van der Waals surface area (Å²) < 4.78 is 0. The number of hydrogen-bond acceptors (Lipinski definition) is 1. The molecule has 22 heavy (non-hydrogen) atoms. The minimum absolute atomic E-state index is 0.122. The average Bonchev–Trinajstić information content (AvgIpc) is 2.54. The van der Waals surface area contributed by atoms with Crippen molar-refractivity contribution in [2.75, 3.05) is 0 Å². The van der Waals surface area contributed by atoms with E-state index in [9.17, 15) is 4.79 Å². The molecule has 0 saturated carbocycles. The summed E-state index contributed by atoms with van der Waals surface area (Å²) in [6.45, 7) is 0.451. The molecule has 2 nitrogen and oxygen atoms in total. The molecule has 0 unspecified atom stereocenters. The maximum Gasteiger partial charge on any atom is 0.252 e. The number of nitrogens with one attached hydrogen (secondary N) is 1. The summed E-state index contributed by atoms with van der Waals surface area (Å²) in [5.41, 5.74) is 1.62. The molecule has 0 aromatic heterocycles. The number of rotatable bonds is 3. The number of amides is 1. The van der Waals surface area contributed by atoms with E-state index in [2.05, 4.69) is 5.32 Å². The summed E-state index contributed by atoms with van der Waals surface area (Å²) in [6.07, 6.45) is 0. The van der Waals surface area contributed by atoms with E-state index in [1.807, 2.05) is 42.5 Å². The third-order valence-electron chi connectivity index (χ3n) is 3.48. The zero-order valence-electron chi connectivity index (χ0n) is 11.6. The van der Waals surface area contributed by atoms with E-state index >= 15 is 0 Å². The molecule has 0 bridgehead atoms. The van der Waals surface area contributed by atoms with Crippen LogP contribution in [-0.4, -0.2) is 5.91 Å². The standard InChI is InChI=1S/C18H13Cl2NO/c19-13-9-7-12(8-10-13)11-21-18(22)16-5-1-4-15-14(16)3-2-6-17(15)20/h1-10H,11H2,(H,21,22). The molecule has 0 aliphatic carbocycles. The van der Waals surface area contributed by atoms with Gasteiger partial charge < -0.3 is 5.32 Å². The third kappa shape index (κ3) is 3.08. The van der Waals surface area contributed by atoms with Gasteiger partial charge in [0.05, 0.1) is 0 Å². The maximum atomic E-state index is 12.4. The predicted octanol–water partition coefficient (Wildman–Crippen LogP) is 5.08. The molecule has 0 saturated heterocycles. The Balaban J connectivity index is 1.83. The van der Waals surface area contributed by atoms with Crippen molar-refractivity contribution in [2.24, 2.45) is 0 Å². The van der Waals surface area contributed by atoms with Crippen LogP contribution in [0.4, 0.5) is 0 Å². The van der Waals surface area contributed by atoms with Crippen LogP contribution in [0.25, 0.3) is 10.8 Å². The van der Waals surface area contributed by atoms with E-state index in [-0.39, 0.29) is 5.91 Å². The lowest BCUT2D eigenvalue weighted by Gasteiger charge is -2.09. The zero-order chi connectivity index (χ0) is 15.5. The normalized spacial score (nSPS) is 10.6. The summed E-state index contributed by atoms with van der Waals surface area (Å²) in [5, 5.41) is 5.97. The van der Waals surface area contributed by atoms with E-state index < -0.39 is 0 Å². The van der Waals surface area contributed by atoms with Crippen LogP contribution in [-0.2, 0) is 6.54 Å². The van der Waals surface area contributed by atoms with Crippen LogP contribution in [0.15, 0.2) is 60.7 Å². The molecule has 3 rings (SSSR count). The molecule has 1 amide bonds. The molecule has 0 spiro atoms. The van der Waals surface area contributed by atoms with Gasteiger partial charge in [-0.3, -0.25) is 4.79 Å². The first-order valence-corrected chi connectivity index (χ1v) is 7.60. The quantitative estimate of drug-likeness (QED) is 0.713. The van der Waals surface area contributed by atoms with Gasteiger partial charge in [0.2, 0.25) is 0 Å². The van der Waals surface area contributed by atoms with E-state index in [0.29, 0.717) is 22.2 Å². The Bertz CT molecular complexity index is 828. The molecule has 110 valence electrons. The molecular weight excluding hydrogens is 317 g/mol. The largest absolute Gasteiger partial charge is 0.348 e. The lowest BCUT2D eigenvalue weighted by atomic mass is 10.0. The van der Waals surface area contributed by atoms with Gasteiger partial charge >= 0.3 is 0 Å². The van der Waals surface area contributed by atoms with Crippen LogP contribution >= 0.6 is 23.2 Å². The lowest BCUT2D eigenvalue weighted by molar-refractivity contribution is 0.0952. The number of halogens is 2. The van der Waals surface area contributed by atoms with Crippen molar-refractivity contribution in [3.63, 3.8) is 0 Å². The molecule has 4 heteroatoms. The van der Waals surface area contributed by atoms with Gasteiger partial charge in [0.15, 0.2) is 0 Å². The van der Waals surface area contributed by atoms with Gasteiger partial charge in [-0.05, 0) is 35.2 Å². The average molecular weight is 330 g/mol. The summed E-state index contributed by atoms with van der Waals surface area (Å²) in [6, 6.07) is 18.5. The Morgan fingerprint density at radius 1 is 0.864 bits per heavy atom. The van der Waals surface area contributed by atoms with Crippen molar-refractivity contribution in [2.45, 2.75) is 6.54 Å². The minimum Gasteiger partial charge on any atom is -0.348 e. The number of hydrogen-bond donors (Lipinski definition) is 1. The van der Waals surface area contributed by atoms with E-state index in [1.54, 1.807) is 18.2 Å². The van der Waals surface area contributed by atoms with Crippen LogP contribution in [0.2, 0.25) is 10.0 Å². The number of carbonyl (C=O) groups excluding carboxylic acids is 1. The Morgan fingerprint density at radius 3 is 2.32 bits per heavy atom. The first-order chi connectivity index (χ1) is 10.6.